The van der Waals surface area contributed by atoms with Gasteiger partial charge in [0.1, 0.15) is 6.04 Å². The van der Waals surface area contributed by atoms with Crippen LogP contribution in [0.3, 0.4) is 0 Å². The van der Waals surface area contributed by atoms with E-state index in [4.69, 9.17) is 0 Å². The average molecular weight is 290 g/mol. The Kier molecular flexibility index (Phi) is 5.75. The monoisotopic (exact) mass is 290 g/mol. The van der Waals surface area contributed by atoms with Crippen LogP contribution >= 0.6 is 0 Å². The van der Waals surface area contributed by atoms with Crippen molar-refractivity contribution in [2.75, 3.05) is 13.1 Å². The topological polar surface area (TPSA) is 78.4 Å². The van der Waals surface area contributed by atoms with Crippen LogP contribution in [-0.4, -0.2) is 36.1 Å². The zero-order valence-electron chi connectivity index (χ0n) is 12.0. The smallest absolute Gasteiger partial charge is 0.326 e. The van der Waals surface area contributed by atoms with Crippen molar-refractivity contribution in [2.24, 2.45) is 5.92 Å². The molecule has 1 aliphatic rings. The molecule has 1 fully saturated rings. The van der Waals surface area contributed by atoms with E-state index in [-0.39, 0.29) is 11.8 Å². The number of piperidine rings is 1. The zero-order valence-corrected chi connectivity index (χ0v) is 12.0. The first-order valence-corrected chi connectivity index (χ1v) is 7.44. The first-order chi connectivity index (χ1) is 10.2. The molecule has 2 atom stereocenters. The molecule has 3 N–H and O–H groups in total. The Morgan fingerprint density at radius 1 is 1.33 bits per heavy atom. The normalized spacial score (nSPS) is 19.7. The highest BCUT2D eigenvalue weighted by atomic mass is 16.4. The number of carbonyl (C=O) groups is 2. The first kappa shape index (κ1) is 15.5. The van der Waals surface area contributed by atoms with Gasteiger partial charge in [-0.25, -0.2) is 4.79 Å². The van der Waals surface area contributed by atoms with E-state index in [0.717, 1.165) is 24.9 Å². The molecule has 1 unspecified atom stereocenters. The summed E-state index contributed by atoms with van der Waals surface area (Å²) in [6.07, 6.45) is 2.83. The second kappa shape index (κ2) is 7.78. The lowest BCUT2D eigenvalue weighted by Gasteiger charge is -2.24. The number of nitrogens with one attached hydrogen (secondary N) is 2. The van der Waals surface area contributed by atoms with Crippen molar-refractivity contribution in [1.82, 2.24) is 10.6 Å². The molecule has 1 heterocycles. The molecule has 1 saturated heterocycles. The fraction of sp³-hybridized carbons (Fsp3) is 0.500. The summed E-state index contributed by atoms with van der Waals surface area (Å²) in [4.78, 5) is 23.4. The van der Waals surface area contributed by atoms with Gasteiger partial charge >= 0.3 is 5.97 Å². The minimum atomic E-state index is -0.969. The number of carboxylic acids is 1. The third-order valence-electron chi connectivity index (χ3n) is 3.85. The van der Waals surface area contributed by atoms with Crippen molar-refractivity contribution < 1.29 is 14.7 Å². The van der Waals surface area contributed by atoms with Gasteiger partial charge in [-0.3, -0.25) is 4.79 Å². The molecule has 0 spiro atoms. The van der Waals surface area contributed by atoms with Crippen LogP contribution in [0.5, 0.6) is 0 Å². The maximum Gasteiger partial charge on any atom is 0.326 e. The van der Waals surface area contributed by atoms with Gasteiger partial charge in [0, 0.05) is 6.54 Å². The number of aliphatic carboxylic acids is 1. The Hall–Kier alpha value is -1.88. The molecule has 114 valence electrons. The molecule has 2 rings (SSSR count). The Morgan fingerprint density at radius 3 is 2.71 bits per heavy atom. The standard InChI is InChI=1S/C16H22N2O3/c19-15(13-7-4-10-17-11-13)18-14(16(20)21)9-8-12-5-2-1-3-6-12/h1-3,5-6,13-14,17H,4,7-11H2,(H,18,19)(H,20,21)/t13-,14?/m1/s1. The summed E-state index contributed by atoms with van der Waals surface area (Å²) in [5.74, 6) is -1.23. The van der Waals surface area contributed by atoms with Crippen LogP contribution in [0, 0.1) is 5.92 Å². The molecule has 0 saturated carbocycles. The number of carbonyl (C=O) groups excluding carboxylic acids is 1. The summed E-state index contributed by atoms with van der Waals surface area (Å²) < 4.78 is 0. The van der Waals surface area contributed by atoms with Gasteiger partial charge in [-0.2, -0.15) is 0 Å². The molecule has 5 nitrogen and oxygen atoms in total. The second-order valence-corrected chi connectivity index (χ2v) is 5.47. The lowest BCUT2D eigenvalue weighted by atomic mass is 9.97. The van der Waals surface area contributed by atoms with E-state index in [2.05, 4.69) is 10.6 Å². The van der Waals surface area contributed by atoms with E-state index in [1.807, 2.05) is 30.3 Å². The zero-order chi connectivity index (χ0) is 15.1. The summed E-state index contributed by atoms with van der Waals surface area (Å²) in [5.41, 5.74) is 1.08. The van der Waals surface area contributed by atoms with Gasteiger partial charge < -0.3 is 15.7 Å². The third-order valence-corrected chi connectivity index (χ3v) is 3.85. The molecule has 0 bridgehead atoms. The second-order valence-electron chi connectivity index (χ2n) is 5.47. The predicted octanol–water partition coefficient (Wildman–Crippen LogP) is 1.19. The van der Waals surface area contributed by atoms with Gasteiger partial charge in [0.15, 0.2) is 0 Å². The molecule has 0 aromatic heterocycles. The van der Waals surface area contributed by atoms with Crippen molar-refractivity contribution in [3.63, 3.8) is 0 Å². The summed E-state index contributed by atoms with van der Waals surface area (Å²) >= 11 is 0. The molecule has 1 aliphatic heterocycles. The van der Waals surface area contributed by atoms with Gasteiger partial charge in [0.2, 0.25) is 5.91 Å². The highest BCUT2D eigenvalue weighted by molar-refractivity contribution is 5.85. The minimum Gasteiger partial charge on any atom is -0.480 e. The molecule has 5 heteroatoms. The molecule has 1 aromatic rings. The van der Waals surface area contributed by atoms with Crippen LogP contribution < -0.4 is 10.6 Å². The van der Waals surface area contributed by atoms with E-state index in [0.29, 0.717) is 19.4 Å². The fourth-order valence-electron chi connectivity index (χ4n) is 2.58. The van der Waals surface area contributed by atoms with Crippen LogP contribution in [-0.2, 0) is 16.0 Å². The maximum atomic E-state index is 12.1. The van der Waals surface area contributed by atoms with Gasteiger partial charge in [0.25, 0.3) is 0 Å². The van der Waals surface area contributed by atoms with E-state index in [9.17, 15) is 14.7 Å². The predicted molar refractivity (Wildman–Crippen MR) is 79.9 cm³/mol. The molecule has 21 heavy (non-hydrogen) atoms. The Balaban J connectivity index is 1.86. The largest absolute Gasteiger partial charge is 0.480 e. The molecular weight excluding hydrogens is 268 g/mol. The van der Waals surface area contributed by atoms with Gasteiger partial charge in [-0.05, 0) is 37.8 Å². The van der Waals surface area contributed by atoms with Gasteiger partial charge in [-0.15, -0.1) is 0 Å². The van der Waals surface area contributed by atoms with Crippen molar-refractivity contribution in [1.29, 1.82) is 0 Å². The van der Waals surface area contributed by atoms with Crippen LogP contribution in [0.2, 0.25) is 0 Å². The molecular formula is C16H22N2O3. The summed E-state index contributed by atoms with van der Waals surface area (Å²) in [7, 11) is 0. The quantitative estimate of drug-likeness (QED) is 0.735. The van der Waals surface area contributed by atoms with Crippen LogP contribution in [0.1, 0.15) is 24.8 Å². The number of amides is 1. The van der Waals surface area contributed by atoms with Gasteiger partial charge in [-0.1, -0.05) is 30.3 Å². The van der Waals surface area contributed by atoms with Crippen LogP contribution in [0.4, 0.5) is 0 Å². The average Bonchev–Trinajstić information content (AvgIpc) is 2.52. The highest BCUT2D eigenvalue weighted by Crippen LogP contribution is 2.11. The van der Waals surface area contributed by atoms with Crippen molar-refractivity contribution in [3.05, 3.63) is 35.9 Å². The van der Waals surface area contributed by atoms with Gasteiger partial charge in [0.05, 0.1) is 5.92 Å². The minimum absolute atomic E-state index is 0.114. The van der Waals surface area contributed by atoms with E-state index >= 15 is 0 Å². The SMILES string of the molecule is O=C(O)C(CCc1ccccc1)NC(=O)[C@@H]1CCCNC1. The van der Waals surface area contributed by atoms with Crippen molar-refractivity contribution in [3.8, 4) is 0 Å². The number of carboxylic acid groups (broad SMARTS) is 1. The van der Waals surface area contributed by atoms with E-state index in [1.165, 1.54) is 0 Å². The number of hydrogen-bond acceptors (Lipinski definition) is 3. The Bertz CT molecular complexity index is 470. The van der Waals surface area contributed by atoms with Crippen molar-refractivity contribution >= 4 is 11.9 Å². The molecule has 0 radical (unpaired) electrons. The first-order valence-electron chi connectivity index (χ1n) is 7.44. The Labute approximate surface area is 124 Å². The lowest BCUT2D eigenvalue weighted by Crippen LogP contribution is -2.47. The highest BCUT2D eigenvalue weighted by Gasteiger charge is 2.26. The number of hydrogen-bond donors (Lipinski definition) is 3. The van der Waals surface area contributed by atoms with Crippen LogP contribution in [0.25, 0.3) is 0 Å². The summed E-state index contributed by atoms with van der Waals surface area (Å²) in [5, 5.41) is 15.1. The number of benzene rings is 1. The van der Waals surface area contributed by atoms with E-state index in [1.54, 1.807) is 0 Å². The van der Waals surface area contributed by atoms with Crippen LogP contribution in [0.15, 0.2) is 30.3 Å². The number of aryl methyl sites for hydroxylation is 1. The molecule has 0 aliphatic carbocycles. The molecule has 1 amide bonds. The lowest BCUT2D eigenvalue weighted by molar-refractivity contribution is -0.142. The third kappa shape index (κ3) is 4.86. The fourth-order valence-corrected chi connectivity index (χ4v) is 2.58. The Morgan fingerprint density at radius 2 is 2.10 bits per heavy atom. The maximum absolute atomic E-state index is 12.1. The summed E-state index contributed by atoms with van der Waals surface area (Å²) in [6, 6.07) is 8.89. The van der Waals surface area contributed by atoms with Crippen molar-refractivity contribution in [2.45, 2.75) is 31.7 Å². The molecule has 1 aromatic carbocycles. The number of rotatable bonds is 6. The summed E-state index contributed by atoms with van der Waals surface area (Å²) in [6.45, 7) is 1.57. The van der Waals surface area contributed by atoms with E-state index < -0.39 is 12.0 Å².